The fourth-order valence-electron chi connectivity index (χ4n) is 4.62. The Hall–Kier alpha value is -4.11. The lowest BCUT2D eigenvalue weighted by Crippen LogP contribution is -2.35. The molecule has 1 saturated carbocycles. The smallest absolute Gasteiger partial charge is 0.413 e. The molecule has 214 valence electrons. The molecule has 1 aliphatic carbocycles. The molecule has 0 spiro atoms. The van der Waals surface area contributed by atoms with Crippen molar-refractivity contribution in [1.82, 2.24) is 25.0 Å². The van der Waals surface area contributed by atoms with Gasteiger partial charge in [-0.2, -0.15) is 18.4 Å². The number of fused-ring (bicyclic) bond motifs is 1. The van der Waals surface area contributed by atoms with Crippen LogP contribution in [0.5, 0.6) is 5.88 Å². The van der Waals surface area contributed by atoms with E-state index in [0.29, 0.717) is 45.0 Å². The van der Waals surface area contributed by atoms with E-state index < -0.39 is 17.8 Å². The van der Waals surface area contributed by atoms with Crippen LogP contribution in [-0.2, 0) is 5.54 Å². The summed E-state index contributed by atoms with van der Waals surface area (Å²) in [5.41, 5.74) is 0.579. The largest absolute Gasteiger partial charge is 0.481 e. The molecule has 0 aliphatic heterocycles. The number of rotatable bonds is 8. The minimum Gasteiger partial charge on any atom is -0.481 e. The van der Waals surface area contributed by atoms with Crippen LogP contribution in [-0.4, -0.2) is 44.8 Å². The van der Waals surface area contributed by atoms with Gasteiger partial charge >= 0.3 is 6.18 Å². The van der Waals surface area contributed by atoms with Gasteiger partial charge in [-0.15, -0.1) is 5.10 Å². The first-order valence-electron chi connectivity index (χ1n) is 12.9. The normalized spacial score (nSPS) is 15.3. The van der Waals surface area contributed by atoms with Crippen LogP contribution in [0.1, 0.15) is 56.5 Å². The van der Waals surface area contributed by atoms with Gasteiger partial charge in [-0.1, -0.05) is 37.6 Å². The number of ether oxygens (including phenoxy) is 1. The van der Waals surface area contributed by atoms with E-state index in [-0.39, 0.29) is 29.8 Å². The van der Waals surface area contributed by atoms with E-state index in [2.05, 4.69) is 57.8 Å². The van der Waals surface area contributed by atoms with E-state index in [1.165, 1.54) is 19.5 Å². The number of nitrogens with one attached hydrogen (secondary N) is 2. The molecule has 0 radical (unpaired) electrons. The summed E-state index contributed by atoms with van der Waals surface area (Å²) in [6.45, 7) is 6.78. The molecule has 3 heterocycles. The molecule has 2 N–H and O–H groups in total. The fraction of sp³-hybridized carbons (Fsp3) is 0.393. The van der Waals surface area contributed by atoms with Crippen molar-refractivity contribution < 1.29 is 17.9 Å². The average molecular weight is 585 g/mol. The summed E-state index contributed by atoms with van der Waals surface area (Å²) in [5.74, 6) is 0.268. The Balaban J connectivity index is 1.61. The number of hydrogen-bond acceptors (Lipinski definition) is 8. The maximum absolute atomic E-state index is 13.8. The molecule has 9 nitrogen and oxygen atoms in total. The summed E-state index contributed by atoms with van der Waals surface area (Å²) in [4.78, 5) is 8.66. The average Bonchev–Trinajstić information content (AvgIpc) is 3.61. The molecule has 1 unspecified atom stereocenters. The molecule has 1 aliphatic rings. The highest BCUT2D eigenvalue weighted by molar-refractivity contribution is 6.35. The Kier molecular flexibility index (Phi) is 7.19. The lowest BCUT2D eigenvalue weighted by Gasteiger charge is -2.23. The van der Waals surface area contributed by atoms with Gasteiger partial charge in [-0.3, -0.25) is 4.98 Å². The number of hydrogen-bond donors (Lipinski definition) is 2. The van der Waals surface area contributed by atoms with Gasteiger partial charge in [0.15, 0.2) is 5.54 Å². The molecular weight excluding hydrogens is 557 g/mol. The van der Waals surface area contributed by atoms with Gasteiger partial charge in [-0.25, -0.2) is 9.67 Å². The van der Waals surface area contributed by atoms with Crippen LogP contribution in [0.25, 0.3) is 10.9 Å². The molecular formula is C28H28ClF3N8O. The molecule has 0 amide bonds. The zero-order valence-corrected chi connectivity index (χ0v) is 23.6. The van der Waals surface area contributed by atoms with E-state index in [0.717, 1.165) is 4.68 Å². The van der Waals surface area contributed by atoms with E-state index in [9.17, 15) is 18.4 Å². The van der Waals surface area contributed by atoms with E-state index in [4.69, 9.17) is 16.3 Å². The summed E-state index contributed by atoms with van der Waals surface area (Å²) in [5, 5.41) is 25.4. The van der Waals surface area contributed by atoms with Gasteiger partial charge in [0.25, 0.3) is 0 Å². The van der Waals surface area contributed by atoms with Crippen molar-refractivity contribution in [2.75, 3.05) is 24.3 Å². The summed E-state index contributed by atoms with van der Waals surface area (Å²) in [6.07, 6.45) is -0.255. The second-order valence-corrected chi connectivity index (χ2v) is 11.6. The van der Waals surface area contributed by atoms with Crippen molar-refractivity contribution in [3.8, 4) is 11.9 Å². The van der Waals surface area contributed by atoms with Crippen molar-refractivity contribution in [2.24, 2.45) is 5.41 Å². The standard InChI is InChI=1S/C28H28ClF3N8O/c1-26(2,3)15-36-22-16(12-33)13-35-23-19(22)10-17(11-20(23)29)37-24(18-6-5-9-34-25(18)41-4)21-14-40(39-38-21)27(7-8-27)28(30,31)32/h5-6,9-11,13-14,24,37H,7-8,15H2,1-4H3,(H,35,36). The molecule has 1 atom stereocenters. The number of nitrogens with zero attached hydrogens (tertiary/aromatic N) is 6. The highest BCUT2D eigenvalue weighted by Crippen LogP contribution is 2.55. The number of alkyl halides is 3. The molecule has 1 aromatic carbocycles. The van der Waals surface area contributed by atoms with Crippen molar-refractivity contribution in [3.63, 3.8) is 0 Å². The molecule has 5 rings (SSSR count). The van der Waals surface area contributed by atoms with E-state index >= 15 is 0 Å². The number of halogens is 4. The zero-order chi connectivity index (χ0) is 29.6. The lowest BCUT2D eigenvalue weighted by molar-refractivity contribution is -0.182. The van der Waals surface area contributed by atoms with Gasteiger partial charge < -0.3 is 15.4 Å². The number of nitriles is 1. The topological polar surface area (TPSA) is 114 Å². The molecule has 1 fully saturated rings. The van der Waals surface area contributed by atoms with Gasteiger partial charge in [0.05, 0.1) is 35.1 Å². The second-order valence-electron chi connectivity index (χ2n) is 11.2. The molecule has 0 bridgehead atoms. The van der Waals surface area contributed by atoms with Crippen molar-refractivity contribution in [1.29, 1.82) is 5.26 Å². The fourth-order valence-corrected chi connectivity index (χ4v) is 4.89. The Morgan fingerprint density at radius 3 is 2.61 bits per heavy atom. The Bertz CT molecular complexity index is 1640. The van der Waals surface area contributed by atoms with Crippen LogP contribution in [0.3, 0.4) is 0 Å². The minimum atomic E-state index is -4.46. The lowest BCUT2D eigenvalue weighted by atomic mass is 9.96. The first kappa shape index (κ1) is 28.4. The first-order chi connectivity index (χ1) is 19.4. The predicted molar refractivity (Wildman–Crippen MR) is 149 cm³/mol. The van der Waals surface area contributed by atoms with E-state index in [1.807, 2.05) is 0 Å². The second kappa shape index (κ2) is 10.4. The molecule has 3 aromatic heterocycles. The quantitative estimate of drug-likeness (QED) is 0.242. The van der Waals surface area contributed by atoms with Gasteiger partial charge in [-0.05, 0) is 42.5 Å². The van der Waals surface area contributed by atoms with Gasteiger partial charge in [0.1, 0.15) is 17.8 Å². The van der Waals surface area contributed by atoms with Crippen LogP contribution in [0, 0.1) is 16.7 Å². The third-order valence-corrected chi connectivity index (χ3v) is 7.24. The number of aromatic nitrogens is 5. The van der Waals surface area contributed by atoms with Crippen LogP contribution < -0.4 is 15.4 Å². The Morgan fingerprint density at radius 2 is 1.98 bits per heavy atom. The highest BCUT2D eigenvalue weighted by atomic mass is 35.5. The number of benzene rings is 1. The van der Waals surface area contributed by atoms with Crippen LogP contribution in [0.4, 0.5) is 24.5 Å². The van der Waals surface area contributed by atoms with Gasteiger partial charge in [0, 0.05) is 35.6 Å². The maximum atomic E-state index is 13.8. The Morgan fingerprint density at radius 1 is 1.22 bits per heavy atom. The monoisotopic (exact) mass is 584 g/mol. The zero-order valence-electron chi connectivity index (χ0n) is 22.8. The number of methoxy groups -OCH3 is 1. The first-order valence-corrected chi connectivity index (χ1v) is 13.3. The van der Waals surface area contributed by atoms with Crippen molar-refractivity contribution in [3.05, 3.63) is 64.7 Å². The van der Waals surface area contributed by atoms with Crippen LogP contribution in [0.15, 0.2) is 42.9 Å². The molecule has 0 saturated heterocycles. The Labute approximate surface area is 239 Å². The summed E-state index contributed by atoms with van der Waals surface area (Å²) < 4.78 is 47.8. The van der Waals surface area contributed by atoms with Crippen molar-refractivity contribution >= 4 is 33.9 Å². The molecule has 4 aromatic rings. The van der Waals surface area contributed by atoms with Crippen LogP contribution >= 0.6 is 11.6 Å². The molecule has 41 heavy (non-hydrogen) atoms. The minimum absolute atomic E-state index is 0.0630. The third-order valence-electron chi connectivity index (χ3n) is 6.95. The van der Waals surface area contributed by atoms with Gasteiger partial charge in [0.2, 0.25) is 5.88 Å². The van der Waals surface area contributed by atoms with E-state index in [1.54, 1.807) is 30.5 Å². The molecule has 13 heteroatoms. The number of anilines is 2. The summed E-state index contributed by atoms with van der Waals surface area (Å²) >= 11 is 6.67. The predicted octanol–water partition coefficient (Wildman–Crippen LogP) is 6.47. The summed E-state index contributed by atoms with van der Waals surface area (Å²) in [6, 6.07) is 8.27. The highest BCUT2D eigenvalue weighted by Gasteiger charge is 2.66. The number of pyridine rings is 2. The SMILES string of the molecule is COc1ncccc1C(Nc1cc(Cl)c2ncc(C#N)c(NCC(C)(C)C)c2c1)c1cn(C2(C(F)(F)F)CC2)nn1. The van der Waals surface area contributed by atoms with Crippen LogP contribution in [0.2, 0.25) is 5.02 Å². The van der Waals surface area contributed by atoms with Crippen molar-refractivity contribution in [2.45, 2.75) is 51.4 Å². The maximum Gasteiger partial charge on any atom is 0.413 e. The third kappa shape index (κ3) is 5.46. The summed E-state index contributed by atoms with van der Waals surface area (Å²) in [7, 11) is 1.46.